The zero-order valence-corrected chi connectivity index (χ0v) is 8.90. The van der Waals surface area contributed by atoms with E-state index in [0.717, 1.165) is 0 Å². The lowest BCUT2D eigenvalue weighted by Gasteiger charge is -2.22. The molecule has 1 nitrogen and oxygen atoms in total. The molecule has 1 atom stereocenters. The third kappa shape index (κ3) is 3.35. The topological polar surface area (TPSA) is 20.2 Å². The lowest BCUT2D eigenvalue weighted by molar-refractivity contribution is 0.0673. The van der Waals surface area contributed by atoms with E-state index in [-0.39, 0.29) is 5.92 Å². The van der Waals surface area contributed by atoms with E-state index >= 15 is 0 Å². The third-order valence-corrected chi connectivity index (χ3v) is 2.23. The molecule has 1 heteroatoms. The molecule has 0 aromatic heterocycles. The monoisotopic (exact) mass is 190 g/mol. The van der Waals surface area contributed by atoms with Gasteiger partial charge in [-0.15, -0.1) is 6.58 Å². The molecule has 0 saturated heterocycles. The van der Waals surface area contributed by atoms with Gasteiger partial charge in [0.25, 0.3) is 0 Å². The Bertz CT molecular complexity index is 282. The minimum absolute atomic E-state index is 0.233. The van der Waals surface area contributed by atoms with E-state index in [1.54, 1.807) is 0 Å². The molecule has 14 heavy (non-hydrogen) atoms. The van der Waals surface area contributed by atoms with Crippen LogP contribution in [0.4, 0.5) is 0 Å². The number of aliphatic hydroxyl groups is 1. The number of rotatable bonds is 4. The quantitative estimate of drug-likeness (QED) is 0.723. The first-order valence-electron chi connectivity index (χ1n) is 4.93. The maximum absolute atomic E-state index is 9.73. The van der Waals surface area contributed by atoms with E-state index in [4.69, 9.17) is 0 Å². The third-order valence-electron chi connectivity index (χ3n) is 2.23. The van der Waals surface area contributed by atoms with Gasteiger partial charge in [0.15, 0.2) is 0 Å². The Kier molecular flexibility index (Phi) is 3.48. The van der Waals surface area contributed by atoms with Crippen LogP contribution in [0.3, 0.4) is 0 Å². The van der Waals surface area contributed by atoms with Crippen molar-refractivity contribution in [2.45, 2.75) is 31.8 Å². The van der Waals surface area contributed by atoms with Gasteiger partial charge < -0.3 is 5.11 Å². The molecular formula is C13H18O. The molecule has 0 radical (unpaired) electrons. The van der Waals surface area contributed by atoms with Gasteiger partial charge in [0.1, 0.15) is 0 Å². The summed E-state index contributed by atoms with van der Waals surface area (Å²) in [7, 11) is 0. The molecule has 0 spiro atoms. The van der Waals surface area contributed by atoms with Gasteiger partial charge in [0.05, 0.1) is 5.60 Å². The number of allylic oxidation sites excluding steroid dienone is 1. The van der Waals surface area contributed by atoms with Gasteiger partial charge in [-0.2, -0.15) is 0 Å². The molecule has 1 N–H and O–H groups in total. The summed E-state index contributed by atoms with van der Waals surface area (Å²) < 4.78 is 0. The van der Waals surface area contributed by atoms with Crippen LogP contribution in [0, 0.1) is 0 Å². The highest BCUT2D eigenvalue weighted by Crippen LogP contribution is 2.26. The first-order valence-corrected chi connectivity index (χ1v) is 4.93. The van der Waals surface area contributed by atoms with Gasteiger partial charge in [-0.05, 0) is 25.8 Å². The van der Waals surface area contributed by atoms with Gasteiger partial charge in [0.2, 0.25) is 0 Å². The number of hydrogen-bond donors (Lipinski definition) is 1. The van der Waals surface area contributed by atoms with Crippen molar-refractivity contribution in [2.24, 2.45) is 0 Å². The Morgan fingerprint density at radius 2 is 1.93 bits per heavy atom. The second kappa shape index (κ2) is 4.43. The van der Waals surface area contributed by atoms with E-state index in [1.807, 2.05) is 38.1 Å². The molecule has 0 fully saturated rings. The van der Waals surface area contributed by atoms with Crippen LogP contribution >= 0.6 is 0 Å². The maximum Gasteiger partial charge on any atom is 0.0600 e. The lowest BCUT2D eigenvalue weighted by atomic mass is 9.88. The summed E-state index contributed by atoms with van der Waals surface area (Å²) in [4.78, 5) is 0. The maximum atomic E-state index is 9.73. The molecule has 1 rings (SSSR count). The summed E-state index contributed by atoms with van der Waals surface area (Å²) >= 11 is 0. The van der Waals surface area contributed by atoms with Crippen LogP contribution in [0.25, 0.3) is 0 Å². The van der Waals surface area contributed by atoms with E-state index in [0.29, 0.717) is 6.42 Å². The van der Waals surface area contributed by atoms with Crippen molar-refractivity contribution >= 4 is 0 Å². The molecule has 0 heterocycles. The normalized spacial score (nSPS) is 13.6. The standard InChI is InChI=1S/C13H18O/c1-4-11(10-13(2,3)14)12-8-6-5-7-9-12/h4-9,11,14H,1,10H2,2-3H3. The lowest BCUT2D eigenvalue weighted by Crippen LogP contribution is -2.21. The molecule has 1 unspecified atom stereocenters. The molecule has 0 amide bonds. The van der Waals surface area contributed by atoms with Gasteiger partial charge in [0, 0.05) is 5.92 Å². The Morgan fingerprint density at radius 1 is 1.36 bits per heavy atom. The summed E-state index contributed by atoms with van der Waals surface area (Å²) in [6.45, 7) is 7.46. The minimum atomic E-state index is -0.644. The highest BCUT2D eigenvalue weighted by Gasteiger charge is 2.19. The number of benzene rings is 1. The largest absolute Gasteiger partial charge is 0.390 e. The van der Waals surface area contributed by atoms with Crippen LogP contribution in [0.2, 0.25) is 0 Å². The Balaban J connectivity index is 2.78. The summed E-state index contributed by atoms with van der Waals surface area (Å²) in [5, 5.41) is 9.73. The highest BCUT2D eigenvalue weighted by atomic mass is 16.3. The van der Waals surface area contributed by atoms with Crippen molar-refractivity contribution < 1.29 is 5.11 Å². The van der Waals surface area contributed by atoms with E-state index in [2.05, 4.69) is 18.7 Å². The van der Waals surface area contributed by atoms with Crippen molar-refractivity contribution in [3.05, 3.63) is 48.6 Å². The summed E-state index contributed by atoms with van der Waals surface area (Å²) in [6.07, 6.45) is 2.60. The fourth-order valence-electron chi connectivity index (χ4n) is 1.58. The van der Waals surface area contributed by atoms with Gasteiger partial charge in [-0.3, -0.25) is 0 Å². The highest BCUT2D eigenvalue weighted by molar-refractivity contribution is 5.23. The second-order valence-corrected chi connectivity index (χ2v) is 4.27. The minimum Gasteiger partial charge on any atom is -0.390 e. The van der Waals surface area contributed by atoms with Gasteiger partial charge in [-0.25, -0.2) is 0 Å². The van der Waals surface area contributed by atoms with Gasteiger partial charge >= 0.3 is 0 Å². The van der Waals surface area contributed by atoms with Gasteiger partial charge in [-0.1, -0.05) is 36.4 Å². The fourth-order valence-corrected chi connectivity index (χ4v) is 1.58. The molecule has 1 aromatic carbocycles. The van der Waals surface area contributed by atoms with Crippen molar-refractivity contribution in [1.29, 1.82) is 0 Å². The molecule has 1 aromatic rings. The predicted octanol–water partition coefficient (Wildman–Crippen LogP) is 3.12. The molecular weight excluding hydrogens is 172 g/mol. The molecule has 0 saturated carbocycles. The summed E-state index contributed by atoms with van der Waals surface area (Å²) in [5.74, 6) is 0.233. The van der Waals surface area contributed by atoms with E-state index < -0.39 is 5.60 Å². The van der Waals surface area contributed by atoms with Crippen LogP contribution < -0.4 is 0 Å². The Hall–Kier alpha value is -1.08. The molecule has 0 aliphatic carbocycles. The molecule has 0 aliphatic rings. The van der Waals surface area contributed by atoms with Crippen molar-refractivity contribution in [1.82, 2.24) is 0 Å². The van der Waals surface area contributed by atoms with Crippen LogP contribution in [0.1, 0.15) is 31.7 Å². The summed E-state index contributed by atoms with van der Waals surface area (Å²) in [6, 6.07) is 10.1. The van der Waals surface area contributed by atoms with E-state index in [1.165, 1.54) is 5.56 Å². The zero-order valence-electron chi connectivity index (χ0n) is 8.90. The summed E-state index contributed by atoms with van der Waals surface area (Å²) in [5.41, 5.74) is 0.568. The Morgan fingerprint density at radius 3 is 2.36 bits per heavy atom. The van der Waals surface area contributed by atoms with Crippen molar-refractivity contribution in [3.63, 3.8) is 0 Å². The SMILES string of the molecule is C=CC(CC(C)(C)O)c1ccccc1. The van der Waals surface area contributed by atoms with Crippen LogP contribution in [0.5, 0.6) is 0 Å². The first-order chi connectivity index (χ1) is 6.53. The van der Waals surface area contributed by atoms with Crippen molar-refractivity contribution in [3.8, 4) is 0 Å². The number of hydrogen-bond acceptors (Lipinski definition) is 1. The first kappa shape index (κ1) is 11.0. The molecule has 0 bridgehead atoms. The van der Waals surface area contributed by atoms with E-state index in [9.17, 15) is 5.11 Å². The van der Waals surface area contributed by atoms with Crippen molar-refractivity contribution in [2.75, 3.05) is 0 Å². The predicted molar refractivity (Wildman–Crippen MR) is 60.3 cm³/mol. The fraction of sp³-hybridized carbons (Fsp3) is 0.385. The smallest absolute Gasteiger partial charge is 0.0600 e. The zero-order chi connectivity index (χ0) is 10.6. The second-order valence-electron chi connectivity index (χ2n) is 4.27. The molecule has 76 valence electrons. The molecule has 0 aliphatic heterocycles. The average molecular weight is 190 g/mol. The average Bonchev–Trinajstić information content (AvgIpc) is 2.14. The van der Waals surface area contributed by atoms with Crippen LogP contribution in [-0.4, -0.2) is 10.7 Å². The van der Waals surface area contributed by atoms with Crippen LogP contribution in [0.15, 0.2) is 43.0 Å². The Labute approximate surface area is 86.1 Å². The van der Waals surface area contributed by atoms with Crippen LogP contribution in [-0.2, 0) is 0 Å².